The molecule has 1 aliphatic carbocycles. The number of rotatable bonds is 3. The van der Waals surface area contributed by atoms with Crippen LogP contribution < -0.4 is 10.5 Å². The predicted octanol–water partition coefficient (Wildman–Crippen LogP) is 1.28. The molecule has 0 aromatic heterocycles. The molecule has 1 fully saturated rings. The number of nitriles is 1. The van der Waals surface area contributed by atoms with Crippen molar-refractivity contribution in [3.63, 3.8) is 0 Å². The van der Waals surface area contributed by atoms with Crippen molar-refractivity contribution in [2.45, 2.75) is 56.9 Å². The van der Waals surface area contributed by atoms with Gasteiger partial charge in [0.2, 0.25) is 5.78 Å². The lowest BCUT2D eigenvalue weighted by Gasteiger charge is -2.60. The second-order valence-corrected chi connectivity index (χ2v) is 9.78. The van der Waals surface area contributed by atoms with Gasteiger partial charge in [-0.1, -0.05) is 6.07 Å². The average Bonchev–Trinajstić information content (AvgIpc) is 2.83. The molecule has 0 unspecified atom stereocenters. The summed E-state index contributed by atoms with van der Waals surface area (Å²) in [5.41, 5.74) is 9.84. The van der Waals surface area contributed by atoms with E-state index in [0.717, 1.165) is 16.7 Å². The van der Waals surface area contributed by atoms with Crippen molar-refractivity contribution in [3.05, 3.63) is 45.2 Å². The summed E-state index contributed by atoms with van der Waals surface area (Å²) < 4.78 is 10.8. The summed E-state index contributed by atoms with van der Waals surface area (Å²) in [4.78, 5) is 31.0. The smallest absolute Gasteiger partial charge is 0.225 e. The number of ketones is 2. The molecule has 2 bridgehead atoms. The Labute approximate surface area is 204 Å². The molecule has 5 atom stereocenters. The SMILES string of the molecule is COC1=C(C)C(=O)C2=C(C1=O)[C@H](CN)N1[C@@H](C#N)[C@@H]3Cc4cc(C)c(OC)c(O)c4[C@H]([C@@H]1C2)N3C. The molecule has 9 nitrogen and oxygen atoms in total. The second-order valence-electron chi connectivity index (χ2n) is 9.78. The number of carbonyl (C=O) groups is 2. The van der Waals surface area contributed by atoms with E-state index in [2.05, 4.69) is 11.0 Å². The van der Waals surface area contributed by atoms with Gasteiger partial charge < -0.3 is 20.3 Å². The van der Waals surface area contributed by atoms with Gasteiger partial charge in [-0.3, -0.25) is 19.4 Å². The lowest BCUT2D eigenvalue weighted by atomic mass is 9.69. The van der Waals surface area contributed by atoms with E-state index in [9.17, 15) is 20.0 Å². The average molecular weight is 479 g/mol. The minimum atomic E-state index is -0.613. The van der Waals surface area contributed by atoms with Crippen molar-refractivity contribution in [1.82, 2.24) is 9.80 Å². The van der Waals surface area contributed by atoms with Crippen LogP contribution in [-0.4, -0.2) is 78.5 Å². The molecule has 3 N–H and O–H groups in total. The topological polar surface area (TPSA) is 129 Å². The number of hydrogen-bond acceptors (Lipinski definition) is 9. The van der Waals surface area contributed by atoms with E-state index in [1.807, 2.05) is 24.9 Å². The van der Waals surface area contributed by atoms with Crippen molar-refractivity contribution in [3.8, 4) is 17.6 Å². The van der Waals surface area contributed by atoms with Crippen LogP contribution in [0.25, 0.3) is 0 Å². The van der Waals surface area contributed by atoms with Crippen LogP contribution in [0.4, 0.5) is 0 Å². The first kappa shape index (κ1) is 23.5. The summed E-state index contributed by atoms with van der Waals surface area (Å²) in [6.07, 6.45) is 0.820. The summed E-state index contributed by atoms with van der Waals surface area (Å²) in [7, 11) is 4.86. The molecule has 35 heavy (non-hydrogen) atoms. The zero-order valence-electron chi connectivity index (χ0n) is 20.6. The Hall–Kier alpha value is -3.19. The van der Waals surface area contributed by atoms with Gasteiger partial charge in [-0.05, 0) is 44.9 Å². The van der Waals surface area contributed by atoms with Gasteiger partial charge in [0.05, 0.1) is 32.4 Å². The Morgan fingerprint density at radius 1 is 1.17 bits per heavy atom. The molecule has 3 aliphatic heterocycles. The number of aryl methyl sites for hydroxylation is 1. The van der Waals surface area contributed by atoms with Crippen LogP contribution in [-0.2, 0) is 20.7 Å². The number of hydrogen-bond donors (Lipinski definition) is 2. The number of piperazine rings is 1. The molecule has 1 aromatic rings. The van der Waals surface area contributed by atoms with Crippen LogP contribution in [0.3, 0.4) is 0 Å². The number of phenols is 1. The van der Waals surface area contributed by atoms with E-state index in [-0.39, 0.29) is 59.7 Å². The number of benzene rings is 1. The standard InChI is InChI=1S/C26H30N4O5/c1-11-6-13-7-15-17(9-27)30-16(21(29(15)3)19(13)23(32)25(11)34-4)8-14-20(18(30)10-28)24(33)26(35-5)12(2)22(14)31/h6,15-18,21,32H,7-8,10,28H2,1-5H3/t15-,16-,17-,18-,21-/m0/s1. The number of ether oxygens (including phenoxy) is 2. The van der Waals surface area contributed by atoms with Crippen molar-refractivity contribution in [2.75, 3.05) is 27.8 Å². The second kappa shape index (κ2) is 8.19. The van der Waals surface area contributed by atoms with Crippen molar-refractivity contribution < 1.29 is 24.2 Å². The van der Waals surface area contributed by atoms with Crippen LogP contribution in [0.1, 0.15) is 36.1 Å². The lowest BCUT2D eigenvalue weighted by molar-refractivity contribution is -0.122. The third-order valence-corrected chi connectivity index (χ3v) is 8.29. The van der Waals surface area contributed by atoms with Gasteiger partial charge in [0, 0.05) is 40.9 Å². The van der Waals surface area contributed by atoms with Crippen LogP contribution in [0.15, 0.2) is 28.5 Å². The zero-order chi connectivity index (χ0) is 25.3. The highest BCUT2D eigenvalue weighted by Crippen LogP contribution is 2.53. The number of allylic oxidation sites excluding steroid dienone is 2. The molecular formula is C26H30N4O5. The molecule has 1 saturated heterocycles. The minimum absolute atomic E-state index is 0.0386. The van der Waals surface area contributed by atoms with E-state index < -0.39 is 12.1 Å². The number of phenolic OH excluding ortho intramolecular Hbond substituents is 1. The fraction of sp³-hybridized carbons (Fsp3) is 0.500. The molecule has 3 heterocycles. The summed E-state index contributed by atoms with van der Waals surface area (Å²) >= 11 is 0. The molecule has 184 valence electrons. The summed E-state index contributed by atoms with van der Waals surface area (Å²) in [5.74, 6) is -0.0230. The number of Topliss-reactive ketones (excluding diaryl/α,β-unsaturated/α-hetero) is 2. The molecule has 9 heteroatoms. The van der Waals surface area contributed by atoms with Gasteiger partial charge in [0.15, 0.2) is 23.0 Å². The van der Waals surface area contributed by atoms with E-state index in [1.54, 1.807) is 6.92 Å². The highest BCUT2D eigenvalue weighted by Gasteiger charge is 2.57. The number of methoxy groups -OCH3 is 2. The monoisotopic (exact) mass is 478 g/mol. The molecular weight excluding hydrogens is 448 g/mol. The van der Waals surface area contributed by atoms with E-state index in [1.165, 1.54) is 14.2 Å². The maximum Gasteiger partial charge on any atom is 0.225 e. The third-order valence-electron chi connectivity index (χ3n) is 8.29. The summed E-state index contributed by atoms with van der Waals surface area (Å²) in [6.45, 7) is 3.56. The maximum atomic E-state index is 13.4. The quantitative estimate of drug-likeness (QED) is 0.617. The number of aromatic hydroxyl groups is 1. The number of nitrogens with two attached hydrogens (primary N) is 1. The maximum absolute atomic E-state index is 13.4. The largest absolute Gasteiger partial charge is 0.504 e. The molecule has 0 radical (unpaired) electrons. The van der Waals surface area contributed by atoms with Gasteiger partial charge in [-0.25, -0.2) is 0 Å². The van der Waals surface area contributed by atoms with Crippen LogP contribution >= 0.6 is 0 Å². The van der Waals surface area contributed by atoms with Crippen molar-refractivity contribution in [1.29, 1.82) is 5.26 Å². The van der Waals surface area contributed by atoms with E-state index in [4.69, 9.17) is 15.2 Å². The number of carbonyl (C=O) groups excluding carboxylic acids is 2. The van der Waals surface area contributed by atoms with Crippen LogP contribution in [0.5, 0.6) is 11.5 Å². The first-order chi connectivity index (χ1) is 16.7. The van der Waals surface area contributed by atoms with E-state index in [0.29, 0.717) is 23.3 Å². The van der Waals surface area contributed by atoms with Gasteiger partial charge >= 0.3 is 0 Å². The highest BCUT2D eigenvalue weighted by atomic mass is 16.5. The minimum Gasteiger partial charge on any atom is -0.504 e. The fourth-order valence-corrected chi connectivity index (χ4v) is 6.84. The normalized spacial score (nSPS) is 30.5. The molecule has 0 saturated carbocycles. The Kier molecular flexibility index (Phi) is 5.51. The number of fused-ring (bicyclic) bond motifs is 6. The lowest BCUT2D eigenvalue weighted by Crippen LogP contribution is -2.71. The molecule has 5 rings (SSSR count). The Morgan fingerprint density at radius 2 is 1.89 bits per heavy atom. The number of likely N-dealkylation sites (N-methyl/N-ethyl adjacent to an activating group) is 1. The van der Waals surface area contributed by atoms with Crippen molar-refractivity contribution >= 4 is 11.6 Å². The van der Waals surface area contributed by atoms with Gasteiger partial charge in [-0.15, -0.1) is 0 Å². The molecule has 0 amide bonds. The predicted molar refractivity (Wildman–Crippen MR) is 127 cm³/mol. The third kappa shape index (κ3) is 2.97. The molecule has 4 aliphatic rings. The molecule has 1 aromatic carbocycles. The van der Waals surface area contributed by atoms with Crippen LogP contribution in [0, 0.1) is 18.3 Å². The Morgan fingerprint density at radius 3 is 2.49 bits per heavy atom. The van der Waals surface area contributed by atoms with E-state index >= 15 is 0 Å². The first-order valence-corrected chi connectivity index (χ1v) is 11.8. The first-order valence-electron chi connectivity index (χ1n) is 11.8. The fourth-order valence-electron chi connectivity index (χ4n) is 6.84. The Balaban J connectivity index is 1.74. The van der Waals surface area contributed by atoms with Gasteiger partial charge in [0.25, 0.3) is 0 Å². The van der Waals surface area contributed by atoms with Gasteiger partial charge in [0.1, 0.15) is 6.04 Å². The zero-order valence-corrected chi connectivity index (χ0v) is 20.6. The van der Waals surface area contributed by atoms with Crippen molar-refractivity contribution in [2.24, 2.45) is 5.73 Å². The number of nitrogens with zero attached hydrogens (tertiary/aromatic N) is 3. The Bertz CT molecular complexity index is 1260. The molecule has 0 spiro atoms. The van der Waals surface area contributed by atoms with Crippen LogP contribution in [0.2, 0.25) is 0 Å². The summed E-state index contributed by atoms with van der Waals surface area (Å²) in [6, 6.07) is 2.48. The van der Waals surface area contributed by atoms with Gasteiger partial charge in [-0.2, -0.15) is 5.26 Å². The highest BCUT2D eigenvalue weighted by molar-refractivity contribution is 6.25. The summed E-state index contributed by atoms with van der Waals surface area (Å²) in [5, 5.41) is 21.6.